The van der Waals surface area contributed by atoms with Gasteiger partial charge in [-0.2, -0.15) is 5.10 Å². The van der Waals surface area contributed by atoms with Gasteiger partial charge in [0.2, 0.25) is 5.91 Å². The van der Waals surface area contributed by atoms with E-state index in [0.717, 1.165) is 93.7 Å². The van der Waals surface area contributed by atoms with Crippen molar-refractivity contribution >= 4 is 48.3 Å². The molecular formula is C48H63N9O5. The Morgan fingerprint density at radius 3 is 2.58 bits per heavy atom. The molecule has 2 aliphatic carbocycles. The maximum absolute atomic E-state index is 13.5. The highest BCUT2D eigenvalue weighted by molar-refractivity contribution is 6.38. The number of hydrazone groups is 1. The van der Waals surface area contributed by atoms with Crippen LogP contribution in [0.1, 0.15) is 118 Å². The van der Waals surface area contributed by atoms with Crippen molar-refractivity contribution in [2.24, 2.45) is 25.9 Å². The fourth-order valence-corrected chi connectivity index (χ4v) is 9.12. The largest absolute Gasteiger partial charge is 0.494 e. The summed E-state index contributed by atoms with van der Waals surface area (Å²) in [4.78, 5) is 57.7. The number of nitrogens with zero attached hydrogens (tertiary/aromatic N) is 7. The van der Waals surface area contributed by atoms with Crippen molar-refractivity contribution in [3.05, 3.63) is 70.5 Å². The molecule has 3 fully saturated rings. The molecule has 2 aliphatic heterocycles. The van der Waals surface area contributed by atoms with Gasteiger partial charge in [-0.15, -0.1) is 0 Å². The molecule has 14 nitrogen and oxygen atoms in total. The van der Waals surface area contributed by atoms with E-state index in [9.17, 15) is 14.4 Å². The number of ether oxygens (including phenoxy) is 2. The number of nitrogens with one attached hydrogen (secondary N) is 1. The van der Waals surface area contributed by atoms with Crippen molar-refractivity contribution < 1.29 is 23.9 Å². The third kappa shape index (κ3) is 10.7. The lowest BCUT2D eigenvalue weighted by Gasteiger charge is -2.45. The Hall–Kier alpha value is -5.65. The van der Waals surface area contributed by atoms with E-state index in [2.05, 4.69) is 38.9 Å². The van der Waals surface area contributed by atoms with E-state index in [1.165, 1.54) is 0 Å². The summed E-state index contributed by atoms with van der Waals surface area (Å²) in [5.74, 6) is 13.4. The van der Waals surface area contributed by atoms with Gasteiger partial charge in [0.25, 0.3) is 5.91 Å². The number of nitrogens with two attached hydrogens (primary N) is 1. The standard InChI is InChI=1S/C48H63N9O5/c1-6-13-38(32-58)56-31-40-33(14-10-18-39(40)47(56)59)15-11-26-62-27-12-25-51-35-20-22-36(23-21-35)52-29-42(54-49)34-19-24-41(45(28-34)61-5)53-46-44(30-50-3)55(4)48(60)43(7-2)57(46)37-16-8-9-17-37/h10,14,18-19,24,28-30,32,35-38,43,51H,3,6-9,12-13,16-17,20-23,25-27,31,49H2,1-2,4-5H3/b44-30+,52-29?,53-46?,54-42+. The number of likely N-dealkylation sites (N-methyl/N-ethyl adjacent to an activating group) is 1. The molecule has 62 heavy (non-hydrogen) atoms. The van der Waals surface area contributed by atoms with E-state index < -0.39 is 6.04 Å². The lowest BCUT2D eigenvalue weighted by atomic mass is 9.91. The molecule has 14 heteroatoms. The van der Waals surface area contributed by atoms with Crippen molar-refractivity contribution in [3.63, 3.8) is 0 Å². The molecule has 2 amide bonds. The average Bonchev–Trinajstić information content (AvgIpc) is 3.95. The lowest BCUT2D eigenvalue weighted by Crippen LogP contribution is -2.60. The van der Waals surface area contributed by atoms with E-state index in [0.29, 0.717) is 72.9 Å². The van der Waals surface area contributed by atoms with Gasteiger partial charge in [0.15, 0.2) is 5.84 Å². The topological polar surface area (TPSA) is 167 Å². The number of carbonyl (C=O) groups is 3. The van der Waals surface area contributed by atoms with Crippen molar-refractivity contribution in [3.8, 4) is 17.6 Å². The molecule has 0 aromatic heterocycles. The van der Waals surface area contributed by atoms with E-state index >= 15 is 0 Å². The van der Waals surface area contributed by atoms with E-state index in [4.69, 9.17) is 25.3 Å². The highest BCUT2D eigenvalue weighted by atomic mass is 16.5. The predicted molar refractivity (Wildman–Crippen MR) is 245 cm³/mol. The fraction of sp³-hybridized carbons (Fsp3) is 0.521. The van der Waals surface area contributed by atoms with E-state index in [1.54, 1.807) is 36.4 Å². The molecule has 1 saturated heterocycles. The van der Waals surface area contributed by atoms with Crippen LogP contribution in [-0.2, 0) is 20.9 Å². The number of amidine groups is 1. The molecule has 0 radical (unpaired) electrons. The van der Waals surface area contributed by atoms with Crippen LogP contribution in [0.3, 0.4) is 0 Å². The second kappa shape index (κ2) is 22.4. The van der Waals surface area contributed by atoms with E-state index in [-0.39, 0.29) is 29.9 Å². The first kappa shape index (κ1) is 45.9. The Bertz CT molecular complexity index is 2110. The molecule has 2 aromatic carbocycles. The minimum Gasteiger partial charge on any atom is -0.494 e. The second-order valence-electron chi connectivity index (χ2n) is 16.4. The number of hydrogen-bond donors (Lipinski definition) is 2. The average molecular weight is 846 g/mol. The van der Waals surface area contributed by atoms with Gasteiger partial charge in [-0.1, -0.05) is 57.1 Å². The van der Waals surface area contributed by atoms with Gasteiger partial charge < -0.3 is 40.1 Å². The van der Waals surface area contributed by atoms with Crippen LogP contribution in [0.25, 0.3) is 0 Å². The van der Waals surface area contributed by atoms with Crippen LogP contribution in [0.2, 0.25) is 0 Å². The zero-order chi connectivity index (χ0) is 44.0. The first-order valence-electron chi connectivity index (χ1n) is 22.2. The zero-order valence-electron chi connectivity index (χ0n) is 36.9. The Balaban J connectivity index is 0.970. The zero-order valence-corrected chi connectivity index (χ0v) is 36.9. The van der Waals surface area contributed by atoms with Crippen LogP contribution in [0.4, 0.5) is 5.69 Å². The first-order chi connectivity index (χ1) is 30.3. The van der Waals surface area contributed by atoms with Gasteiger partial charge in [0.1, 0.15) is 41.8 Å². The Labute approximate surface area is 366 Å². The number of piperazine rings is 1. The van der Waals surface area contributed by atoms with Crippen molar-refractivity contribution in [1.29, 1.82) is 0 Å². The van der Waals surface area contributed by atoms with Gasteiger partial charge >= 0.3 is 0 Å². The molecule has 6 rings (SSSR count). The number of fused-ring (bicyclic) bond motifs is 1. The summed E-state index contributed by atoms with van der Waals surface area (Å²) in [5.41, 5.74) is 4.88. The number of carbonyl (C=O) groups excluding carboxylic acids is 3. The summed E-state index contributed by atoms with van der Waals surface area (Å²) in [5, 5.41) is 7.76. The molecule has 3 N–H and O–H groups in total. The van der Waals surface area contributed by atoms with Gasteiger partial charge in [0.05, 0.1) is 25.4 Å². The van der Waals surface area contributed by atoms with Crippen LogP contribution < -0.4 is 15.9 Å². The second-order valence-corrected chi connectivity index (χ2v) is 16.4. The third-order valence-corrected chi connectivity index (χ3v) is 12.5. The number of aliphatic imine (C=N–C) groups is 3. The molecule has 2 unspecified atom stereocenters. The minimum atomic E-state index is -0.407. The highest BCUT2D eigenvalue weighted by Gasteiger charge is 2.43. The summed E-state index contributed by atoms with van der Waals surface area (Å²) in [6.45, 7) is 9.90. The van der Waals surface area contributed by atoms with Crippen LogP contribution in [0.15, 0.2) is 68.4 Å². The van der Waals surface area contributed by atoms with Crippen molar-refractivity contribution in [1.82, 2.24) is 20.0 Å². The quantitative estimate of drug-likeness (QED) is 0.0449. The number of rotatable bonds is 18. The molecule has 330 valence electrons. The van der Waals surface area contributed by atoms with Gasteiger partial charge in [0, 0.05) is 55.2 Å². The fourth-order valence-electron chi connectivity index (χ4n) is 9.12. The maximum atomic E-state index is 13.5. The minimum absolute atomic E-state index is 0.0313. The summed E-state index contributed by atoms with van der Waals surface area (Å²) < 4.78 is 11.7. The summed E-state index contributed by atoms with van der Waals surface area (Å²) in [6.07, 6.45) is 15.5. The molecule has 2 saturated carbocycles. The summed E-state index contributed by atoms with van der Waals surface area (Å²) in [7, 11) is 3.38. The van der Waals surface area contributed by atoms with Crippen LogP contribution >= 0.6 is 0 Å². The van der Waals surface area contributed by atoms with Gasteiger partial charge in [-0.3, -0.25) is 19.6 Å². The third-order valence-electron chi connectivity index (χ3n) is 12.5. The number of benzene rings is 2. The molecule has 0 bridgehead atoms. The van der Waals surface area contributed by atoms with Crippen LogP contribution in [0, 0.1) is 11.8 Å². The Morgan fingerprint density at radius 1 is 1.10 bits per heavy atom. The number of aldehydes is 1. The molecule has 0 spiro atoms. The number of methoxy groups -OCH3 is 1. The first-order valence-corrected chi connectivity index (χ1v) is 22.2. The van der Waals surface area contributed by atoms with Crippen molar-refractivity contribution in [2.75, 3.05) is 33.9 Å². The molecule has 2 atom stereocenters. The SMILES string of the molecule is C=N/C=C1\C(=Nc2ccc(/C(C=NC3CCC(NCCCOCC#Cc4cccc5c4CN(C(C=O)CCC)C5=O)CC3)=N/N)cc2OC)N(C2CCCC2)C(CC)C(=O)N1C. The highest BCUT2D eigenvalue weighted by Crippen LogP contribution is 2.36. The van der Waals surface area contributed by atoms with Gasteiger partial charge in [-0.05, 0) is 101 Å². The monoisotopic (exact) mass is 845 g/mol. The van der Waals surface area contributed by atoms with Crippen LogP contribution in [-0.4, -0.2) is 121 Å². The van der Waals surface area contributed by atoms with Crippen molar-refractivity contribution in [2.45, 2.75) is 128 Å². The normalized spacial score (nSPS) is 22.7. The summed E-state index contributed by atoms with van der Waals surface area (Å²) >= 11 is 0. The molecular weight excluding hydrogens is 783 g/mol. The Kier molecular flexibility index (Phi) is 16.6. The lowest BCUT2D eigenvalue weighted by molar-refractivity contribution is -0.134. The molecule has 2 heterocycles. The Morgan fingerprint density at radius 2 is 1.89 bits per heavy atom. The number of hydrogen-bond acceptors (Lipinski definition) is 11. The van der Waals surface area contributed by atoms with Crippen LogP contribution in [0.5, 0.6) is 5.75 Å². The molecule has 2 aromatic rings. The molecule has 4 aliphatic rings. The maximum Gasteiger partial charge on any atom is 0.255 e. The summed E-state index contributed by atoms with van der Waals surface area (Å²) in [6, 6.07) is 11.4. The smallest absolute Gasteiger partial charge is 0.255 e. The number of amides is 2. The van der Waals surface area contributed by atoms with E-state index in [1.807, 2.05) is 50.2 Å². The predicted octanol–water partition coefficient (Wildman–Crippen LogP) is 6.18. The van der Waals surface area contributed by atoms with Gasteiger partial charge in [-0.25, -0.2) is 4.99 Å².